The van der Waals surface area contributed by atoms with Crippen LogP contribution in [0.5, 0.6) is 0 Å². The summed E-state index contributed by atoms with van der Waals surface area (Å²) < 4.78 is 1.63. The Morgan fingerprint density at radius 1 is 1.30 bits per heavy atom. The number of aromatic nitrogens is 2. The summed E-state index contributed by atoms with van der Waals surface area (Å²) in [6, 6.07) is 9.90. The van der Waals surface area contributed by atoms with Crippen molar-refractivity contribution in [2.45, 2.75) is 19.0 Å². The lowest BCUT2D eigenvalue weighted by Crippen LogP contribution is -2.50. The first-order valence-corrected chi connectivity index (χ1v) is 8.17. The molecule has 0 radical (unpaired) electrons. The summed E-state index contributed by atoms with van der Waals surface area (Å²) in [5.74, 6) is 0.0757. The number of carbonyl (C=O) groups excluding carboxylic acids is 1. The predicted molar refractivity (Wildman–Crippen MR) is 90.3 cm³/mol. The number of carbonyl (C=O) groups is 1. The summed E-state index contributed by atoms with van der Waals surface area (Å²) >= 11 is 5.92. The molecule has 1 aromatic heterocycles. The van der Waals surface area contributed by atoms with E-state index in [0.717, 1.165) is 18.7 Å². The molecule has 6 heteroatoms. The van der Waals surface area contributed by atoms with E-state index in [1.54, 1.807) is 17.1 Å². The molecule has 0 saturated carbocycles. The normalized spacial score (nSPS) is 20.5. The SMILES string of the molecule is C[C@@H](C(=O)N1CCN(C)C[C@H]1c1ccccc1)n1cc(Cl)cn1. The van der Waals surface area contributed by atoms with Gasteiger partial charge in [0.2, 0.25) is 5.91 Å². The van der Waals surface area contributed by atoms with Gasteiger partial charge in [0, 0.05) is 25.8 Å². The highest BCUT2D eigenvalue weighted by Crippen LogP contribution is 2.27. The highest BCUT2D eigenvalue weighted by Gasteiger charge is 2.33. The number of piperazine rings is 1. The first-order valence-electron chi connectivity index (χ1n) is 7.80. The van der Waals surface area contributed by atoms with Crippen LogP contribution in [-0.2, 0) is 4.79 Å². The van der Waals surface area contributed by atoms with Gasteiger partial charge in [0.1, 0.15) is 6.04 Å². The first-order chi connectivity index (χ1) is 11.1. The smallest absolute Gasteiger partial charge is 0.247 e. The van der Waals surface area contributed by atoms with E-state index in [9.17, 15) is 4.79 Å². The van der Waals surface area contributed by atoms with E-state index < -0.39 is 0 Å². The molecule has 0 aliphatic carbocycles. The Morgan fingerprint density at radius 3 is 2.70 bits per heavy atom. The number of hydrogen-bond acceptors (Lipinski definition) is 3. The Hall–Kier alpha value is -1.85. The Labute approximate surface area is 141 Å². The molecule has 0 N–H and O–H groups in total. The van der Waals surface area contributed by atoms with Crippen LogP contribution in [0.3, 0.4) is 0 Å². The van der Waals surface area contributed by atoms with Gasteiger partial charge in [-0.15, -0.1) is 0 Å². The van der Waals surface area contributed by atoms with Crippen molar-refractivity contribution in [3.05, 3.63) is 53.3 Å². The van der Waals surface area contributed by atoms with Crippen LogP contribution in [-0.4, -0.2) is 52.2 Å². The fourth-order valence-electron chi connectivity index (χ4n) is 3.02. The molecular weight excluding hydrogens is 312 g/mol. The summed E-state index contributed by atoms with van der Waals surface area (Å²) in [4.78, 5) is 17.2. The van der Waals surface area contributed by atoms with Gasteiger partial charge in [-0.1, -0.05) is 41.9 Å². The largest absolute Gasteiger partial charge is 0.331 e. The molecule has 1 saturated heterocycles. The predicted octanol–water partition coefficient (Wildman–Crippen LogP) is 2.61. The third kappa shape index (κ3) is 3.41. The van der Waals surface area contributed by atoms with E-state index in [4.69, 9.17) is 11.6 Å². The van der Waals surface area contributed by atoms with Gasteiger partial charge < -0.3 is 9.80 Å². The van der Waals surface area contributed by atoms with Crippen LogP contribution in [0.15, 0.2) is 42.7 Å². The van der Waals surface area contributed by atoms with E-state index in [2.05, 4.69) is 29.2 Å². The molecule has 1 fully saturated rings. The molecule has 3 rings (SSSR count). The topological polar surface area (TPSA) is 41.4 Å². The molecule has 23 heavy (non-hydrogen) atoms. The highest BCUT2D eigenvalue weighted by atomic mass is 35.5. The summed E-state index contributed by atoms with van der Waals surface area (Å²) in [7, 11) is 2.09. The maximum absolute atomic E-state index is 13.0. The van der Waals surface area contributed by atoms with E-state index >= 15 is 0 Å². The second kappa shape index (κ2) is 6.72. The molecule has 1 aliphatic heterocycles. The number of likely N-dealkylation sites (N-methyl/N-ethyl adjacent to an activating group) is 1. The molecule has 0 bridgehead atoms. The molecule has 1 aliphatic rings. The fourth-order valence-corrected chi connectivity index (χ4v) is 3.17. The molecule has 2 heterocycles. The van der Waals surface area contributed by atoms with E-state index in [1.807, 2.05) is 30.0 Å². The number of hydrogen-bond donors (Lipinski definition) is 0. The van der Waals surface area contributed by atoms with Crippen molar-refractivity contribution in [1.82, 2.24) is 19.6 Å². The number of nitrogens with zero attached hydrogens (tertiary/aromatic N) is 4. The van der Waals surface area contributed by atoms with Gasteiger partial charge >= 0.3 is 0 Å². The van der Waals surface area contributed by atoms with Crippen LogP contribution < -0.4 is 0 Å². The van der Waals surface area contributed by atoms with Gasteiger partial charge in [0.25, 0.3) is 0 Å². The third-order valence-corrected chi connectivity index (χ3v) is 4.57. The lowest BCUT2D eigenvalue weighted by atomic mass is 10.0. The molecule has 0 spiro atoms. The Bertz CT molecular complexity index is 672. The van der Waals surface area contributed by atoms with Crippen molar-refractivity contribution in [3.63, 3.8) is 0 Å². The second-order valence-electron chi connectivity index (χ2n) is 6.03. The first kappa shape index (κ1) is 16.0. The summed E-state index contributed by atoms with van der Waals surface area (Å²) in [5, 5.41) is 4.72. The fraction of sp³-hybridized carbons (Fsp3) is 0.412. The molecule has 0 unspecified atom stereocenters. The molecule has 2 aromatic rings. The van der Waals surface area contributed by atoms with Gasteiger partial charge in [-0.25, -0.2) is 0 Å². The maximum atomic E-state index is 13.0. The van der Waals surface area contributed by atoms with Crippen molar-refractivity contribution >= 4 is 17.5 Å². The number of amides is 1. The molecule has 122 valence electrons. The monoisotopic (exact) mass is 332 g/mol. The summed E-state index contributed by atoms with van der Waals surface area (Å²) in [5.41, 5.74) is 1.16. The number of halogens is 1. The average molecular weight is 333 g/mol. The van der Waals surface area contributed by atoms with Gasteiger partial charge in [0.05, 0.1) is 17.3 Å². The van der Waals surface area contributed by atoms with Crippen molar-refractivity contribution < 1.29 is 4.79 Å². The van der Waals surface area contributed by atoms with Crippen LogP contribution in [0.4, 0.5) is 0 Å². The van der Waals surface area contributed by atoms with E-state index in [0.29, 0.717) is 11.6 Å². The average Bonchev–Trinajstić information content (AvgIpc) is 3.01. The molecule has 5 nitrogen and oxygen atoms in total. The molecule has 2 atom stereocenters. The van der Waals surface area contributed by atoms with Gasteiger partial charge in [-0.3, -0.25) is 9.48 Å². The van der Waals surface area contributed by atoms with Crippen LogP contribution >= 0.6 is 11.6 Å². The highest BCUT2D eigenvalue weighted by molar-refractivity contribution is 6.30. The summed E-state index contributed by atoms with van der Waals surface area (Å²) in [6.07, 6.45) is 3.25. The number of benzene rings is 1. The molecule has 1 aromatic carbocycles. The van der Waals surface area contributed by atoms with Gasteiger partial charge in [-0.2, -0.15) is 5.10 Å². The van der Waals surface area contributed by atoms with Crippen molar-refractivity contribution in [1.29, 1.82) is 0 Å². The van der Waals surface area contributed by atoms with E-state index in [-0.39, 0.29) is 18.0 Å². The van der Waals surface area contributed by atoms with Gasteiger partial charge in [0.15, 0.2) is 0 Å². The summed E-state index contributed by atoms with van der Waals surface area (Å²) in [6.45, 7) is 4.30. The Balaban J connectivity index is 1.84. The minimum atomic E-state index is -0.364. The third-order valence-electron chi connectivity index (χ3n) is 4.38. The van der Waals surface area contributed by atoms with Crippen molar-refractivity contribution in [3.8, 4) is 0 Å². The van der Waals surface area contributed by atoms with Crippen LogP contribution in [0.2, 0.25) is 5.02 Å². The van der Waals surface area contributed by atoms with Crippen molar-refractivity contribution in [2.24, 2.45) is 0 Å². The van der Waals surface area contributed by atoms with Crippen molar-refractivity contribution in [2.75, 3.05) is 26.7 Å². The zero-order valence-electron chi connectivity index (χ0n) is 13.4. The molecule has 1 amide bonds. The number of rotatable bonds is 3. The zero-order chi connectivity index (χ0) is 16.4. The second-order valence-corrected chi connectivity index (χ2v) is 6.47. The van der Waals surface area contributed by atoms with E-state index in [1.165, 1.54) is 0 Å². The zero-order valence-corrected chi connectivity index (χ0v) is 14.1. The quantitative estimate of drug-likeness (QED) is 0.867. The Kier molecular flexibility index (Phi) is 4.68. The van der Waals surface area contributed by atoms with Gasteiger partial charge in [-0.05, 0) is 19.5 Å². The standard InChI is InChI=1S/C17H21ClN4O/c1-13(22-11-15(18)10-19-22)17(23)21-9-8-20(2)12-16(21)14-6-4-3-5-7-14/h3-7,10-11,13,16H,8-9,12H2,1-2H3/t13-,16-/m0/s1. The lowest BCUT2D eigenvalue weighted by Gasteiger charge is -2.41. The minimum absolute atomic E-state index is 0.0657. The Morgan fingerprint density at radius 2 is 2.04 bits per heavy atom. The maximum Gasteiger partial charge on any atom is 0.247 e. The van der Waals surface area contributed by atoms with Crippen LogP contribution in [0, 0.1) is 0 Å². The van der Waals surface area contributed by atoms with Crippen LogP contribution in [0.1, 0.15) is 24.6 Å². The minimum Gasteiger partial charge on any atom is -0.331 e. The lowest BCUT2D eigenvalue weighted by molar-refractivity contribution is -0.139. The molecular formula is C17H21ClN4O. The van der Waals surface area contributed by atoms with Crippen LogP contribution in [0.25, 0.3) is 0 Å².